The van der Waals surface area contributed by atoms with E-state index < -0.39 is 5.60 Å². The Labute approximate surface area is 168 Å². The molecule has 2 heterocycles. The minimum atomic E-state index is -0.875. The number of fused-ring (bicyclic) bond motifs is 2. The average molecular weight is 381 g/mol. The SMILES string of the molecule is COc1cc(C)cc2c1C(C1CCNCC1)c1ncc(C(C)(C)O)cc1CC2. The van der Waals surface area contributed by atoms with Crippen molar-refractivity contribution in [2.24, 2.45) is 5.92 Å². The van der Waals surface area contributed by atoms with Crippen LogP contribution in [0.15, 0.2) is 24.4 Å². The maximum atomic E-state index is 10.5. The lowest BCUT2D eigenvalue weighted by molar-refractivity contribution is 0.0781. The first kappa shape index (κ1) is 19.4. The molecule has 1 saturated heterocycles. The Bertz CT molecular complexity index is 864. The molecule has 28 heavy (non-hydrogen) atoms. The fourth-order valence-corrected chi connectivity index (χ4v) is 4.94. The molecule has 1 fully saturated rings. The number of pyridine rings is 1. The first-order valence-electron chi connectivity index (χ1n) is 10.5. The van der Waals surface area contributed by atoms with Crippen LogP contribution in [0.5, 0.6) is 5.75 Å². The molecule has 1 unspecified atom stereocenters. The molecule has 1 aliphatic carbocycles. The lowest BCUT2D eigenvalue weighted by Gasteiger charge is -2.33. The van der Waals surface area contributed by atoms with E-state index in [0.29, 0.717) is 5.92 Å². The van der Waals surface area contributed by atoms with Gasteiger partial charge in [0.2, 0.25) is 0 Å². The van der Waals surface area contributed by atoms with Crippen molar-refractivity contribution in [1.82, 2.24) is 10.3 Å². The molecule has 4 rings (SSSR count). The number of aliphatic hydroxyl groups is 1. The van der Waals surface area contributed by atoms with Gasteiger partial charge in [0.1, 0.15) is 5.75 Å². The summed E-state index contributed by atoms with van der Waals surface area (Å²) < 4.78 is 5.88. The van der Waals surface area contributed by atoms with Crippen molar-refractivity contribution in [1.29, 1.82) is 0 Å². The number of hydrogen-bond acceptors (Lipinski definition) is 4. The summed E-state index contributed by atoms with van der Waals surface area (Å²) in [5.41, 5.74) is 6.45. The predicted molar refractivity (Wildman–Crippen MR) is 112 cm³/mol. The van der Waals surface area contributed by atoms with Crippen molar-refractivity contribution in [2.45, 2.75) is 58.0 Å². The normalized spacial score (nSPS) is 20.2. The molecule has 2 N–H and O–H groups in total. The Morgan fingerprint density at radius 2 is 1.82 bits per heavy atom. The second-order valence-electron chi connectivity index (χ2n) is 8.93. The smallest absolute Gasteiger partial charge is 0.123 e. The van der Waals surface area contributed by atoms with Crippen LogP contribution in [0.25, 0.3) is 0 Å². The summed E-state index contributed by atoms with van der Waals surface area (Å²) in [6.45, 7) is 7.92. The van der Waals surface area contributed by atoms with Crippen LogP contribution in [0.1, 0.15) is 66.1 Å². The molecule has 0 amide bonds. The van der Waals surface area contributed by atoms with E-state index in [-0.39, 0.29) is 5.92 Å². The molecular formula is C24H32N2O2. The van der Waals surface area contributed by atoms with Crippen LogP contribution in [0.4, 0.5) is 0 Å². The molecule has 4 nitrogen and oxygen atoms in total. The van der Waals surface area contributed by atoms with Gasteiger partial charge in [-0.05, 0) is 94.3 Å². The van der Waals surface area contributed by atoms with E-state index in [1.54, 1.807) is 7.11 Å². The van der Waals surface area contributed by atoms with Gasteiger partial charge in [-0.15, -0.1) is 0 Å². The Morgan fingerprint density at radius 1 is 1.11 bits per heavy atom. The number of nitrogens with one attached hydrogen (secondary N) is 1. The van der Waals surface area contributed by atoms with Gasteiger partial charge in [-0.1, -0.05) is 6.07 Å². The Hall–Kier alpha value is -1.91. The fraction of sp³-hybridized carbons (Fsp3) is 0.542. The predicted octanol–water partition coefficient (Wildman–Crippen LogP) is 3.86. The van der Waals surface area contributed by atoms with E-state index in [1.807, 2.05) is 20.0 Å². The van der Waals surface area contributed by atoms with Gasteiger partial charge in [0.15, 0.2) is 0 Å². The van der Waals surface area contributed by atoms with E-state index in [2.05, 4.69) is 30.4 Å². The third-order valence-electron chi connectivity index (χ3n) is 6.42. The second kappa shape index (κ2) is 7.49. The number of aryl methyl sites for hydroxylation is 3. The van der Waals surface area contributed by atoms with Crippen molar-refractivity contribution in [2.75, 3.05) is 20.2 Å². The highest BCUT2D eigenvalue weighted by Crippen LogP contribution is 2.46. The van der Waals surface area contributed by atoms with E-state index in [9.17, 15) is 5.11 Å². The molecule has 0 radical (unpaired) electrons. The molecule has 0 spiro atoms. The number of benzene rings is 1. The molecule has 1 aromatic heterocycles. The molecule has 1 aromatic carbocycles. The summed E-state index contributed by atoms with van der Waals surface area (Å²) in [4.78, 5) is 4.96. The van der Waals surface area contributed by atoms with E-state index in [0.717, 1.165) is 50.1 Å². The zero-order valence-corrected chi connectivity index (χ0v) is 17.5. The topological polar surface area (TPSA) is 54.4 Å². The van der Waals surface area contributed by atoms with Crippen molar-refractivity contribution in [3.63, 3.8) is 0 Å². The first-order chi connectivity index (χ1) is 13.4. The van der Waals surface area contributed by atoms with Crippen LogP contribution in [0, 0.1) is 12.8 Å². The zero-order chi connectivity index (χ0) is 19.9. The minimum absolute atomic E-state index is 0.251. The van der Waals surface area contributed by atoms with Gasteiger partial charge in [-0.3, -0.25) is 4.98 Å². The number of methoxy groups -OCH3 is 1. The molecule has 1 aliphatic heterocycles. The van der Waals surface area contributed by atoms with Crippen LogP contribution < -0.4 is 10.1 Å². The van der Waals surface area contributed by atoms with Crippen molar-refractivity contribution in [3.8, 4) is 5.75 Å². The molecule has 0 saturated carbocycles. The molecule has 150 valence electrons. The van der Waals surface area contributed by atoms with Crippen molar-refractivity contribution >= 4 is 0 Å². The summed E-state index contributed by atoms with van der Waals surface area (Å²) in [7, 11) is 1.78. The molecule has 1 atom stereocenters. The molecule has 2 aliphatic rings. The third-order valence-corrected chi connectivity index (χ3v) is 6.42. The molecule has 2 aromatic rings. The highest BCUT2D eigenvalue weighted by molar-refractivity contribution is 5.52. The Balaban J connectivity index is 1.90. The van der Waals surface area contributed by atoms with Crippen molar-refractivity contribution in [3.05, 3.63) is 57.9 Å². The quantitative estimate of drug-likeness (QED) is 0.849. The highest BCUT2D eigenvalue weighted by Gasteiger charge is 2.35. The second-order valence-corrected chi connectivity index (χ2v) is 8.93. The van der Waals surface area contributed by atoms with Gasteiger partial charge < -0.3 is 15.2 Å². The number of ether oxygens (including phenoxy) is 1. The fourth-order valence-electron chi connectivity index (χ4n) is 4.94. The maximum absolute atomic E-state index is 10.5. The van der Waals surface area contributed by atoms with Crippen LogP contribution in [-0.4, -0.2) is 30.3 Å². The van der Waals surface area contributed by atoms with E-state index in [4.69, 9.17) is 9.72 Å². The summed E-state index contributed by atoms with van der Waals surface area (Å²) >= 11 is 0. The average Bonchev–Trinajstić information content (AvgIpc) is 2.83. The van der Waals surface area contributed by atoms with Gasteiger partial charge in [-0.25, -0.2) is 0 Å². The molecule has 0 bridgehead atoms. The third kappa shape index (κ3) is 3.56. The number of piperidine rings is 1. The lowest BCUT2D eigenvalue weighted by Crippen LogP contribution is -2.32. The number of nitrogens with zero attached hydrogens (tertiary/aromatic N) is 1. The van der Waals surface area contributed by atoms with Gasteiger partial charge in [0.25, 0.3) is 0 Å². The molecule has 4 heteroatoms. The Kier molecular flexibility index (Phi) is 5.19. The van der Waals surface area contributed by atoms with Gasteiger partial charge in [0.05, 0.1) is 18.4 Å². The van der Waals surface area contributed by atoms with E-state index >= 15 is 0 Å². The number of aromatic nitrogens is 1. The van der Waals surface area contributed by atoms with Crippen LogP contribution in [0.3, 0.4) is 0 Å². The van der Waals surface area contributed by atoms with Gasteiger partial charge >= 0.3 is 0 Å². The summed E-state index contributed by atoms with van der Waals surface area (Å²) in [5, 5.41) is 14.0. The monoisotopic (exact) mass is 380 g/mol. The number of rotatable bonds is 3. The Morgan fingerprint density at radius 3 is 2.50 bits per heavy atom. The van der Waals surface area contributed by atoms with Crippen LogP contribution in [0.2, 0.25) is 0 Å². The molecular weight excluding hydrogens is 348 g/mol. The maximum Gasteiger partial charge on any atom is 0.123 e. The highest BCUT2D eigenvalue weighted by atomic mass is 16.5. The summed E-state index contributed by atoms with van der Waals surface area (Å²) in [5.74, 6) is 1.80. The van der Waals surface area contributed by atoms with Gasteiger partial charge in [0, 0.05) is 23.2 Å². The standard InChI is InChI=1S/C24H32N2O2/c1-15-11-17-5-6-18-13-19(24(2,3)27)14-26-23(18)22(16-7-9-25-10-8-16)21(17)20(12-15)28-4/h11-14,16,22,25,27H,5-10H2,1-4H3. The first-order valence-corrected chi connectivity index (χ1v) is 10.5. The summed E-state index contributed by atoms with van der Waals surface area (Å²) in [6, 6.07) is 6.68. The summed E-state index contributed by atoms with van der Waals surface area (Å²) in [6.07, 6.45) is 6.11. The number of hydrogen-bond donors (Lipinski definition) is 2. The van der Waals surface area contributed by atoms with E-state index in [1.165, 1.54) is 27.9 Å². The minimum Gasteiger partial charge on any atom is -0.496 e. The van der Waals surface area contributed by atoms with Crippen molar-refractivity contribution < 1.29 is 9.84 Å². The lowest BCUT2D eigenvalue weighted by atomic mass is 9.76. The van der Waals surface area contributed by atoms with Gasteiger partial charge in [-0.2, -0.15) is 0 Å². The van der Waals surface area contributed by atoms with Crippen LogP contribution in [-0.2, 0) is 18.4 Å². The van der Waals surface area contributed by atoms with Crippen LogP contribution >= 0.6 is 0 Å². The largest absolute Gasteiger partial charge is 0.496 e. The zero-order valence-electron chi connectivity index (χ0n) is 17.5.